The van der Waals surface area contributed by atoms with Crippen molar-refractivity contribution in [3.05, 3.63) is 23.2 Å². The Labute approximate surface area is 117 Å². The number of hydrogen-bond donors (Lipinski definition) is 3. The van der Waals surface area contributed by atoms with Gasteiger partial charge in [0.15, 0.2) is 0 Å². The summed E-state index contributed by atoms with van der Waals surface area (Å²) in [6, 6.07) is 4.86. The lowest BCUT2D eigenvalue weighted by Crippen LogP contribution is -2.43. The molecule has 0 saturated carbocycles. The van der Waals surface area contributed by atoms with Crippen LogP contribution in [0.1, 0.15) is 12.8 Å². The number of nitrogens with zero attached hydrogens (tertiary/aromatic N) is 1. The Morgan fingerprint density at radius 1 is 1.47 bits per heavy atom. The number of piperidine rings is 1. The van der Waals surface area contributed by atoms with Crippen molar-refractivity contribution in [2.75, 3.05) is 25.0 Å². The summed E-state index contributed by atoms with van der Waals surface area (Å²) in [5.74, 6) is -0.0816. The number of phenolic OH excluding ortho intramolecular Hbond substituents is 1. The molecule has 1 amide bonds. The van der Waals surface area contributed by atoms with Gasteiger partial charge in [0.1, 0.15) is 5.75 Å². The summed E-state index contributed by atoms with van der Waals surface area (Å²) in [5.41, 5.74) is 6.40. The Kier molecular flexibility index (Phi) is 4.63. The number of likely N-dealkylation sites (tertiary alicyclic amines) is 1. The maximum atomic E-state index is 11.9. The summed E-state index contributed by atoms with van der Waals surface area (Å²) in [5, 5.41) is 12.3. The molecular formula is C13H18ClN3O2. The van der Waals surface area contributed by atoms with Gasteiger partial charge < -0.3 is 16.2 Å². The summed E-state index contributed by atoms with van der Waals surface area (Å²) in [7, 11) is 0. The molecule has 104 valence electrons. The predicted octanol–water partition coefficient (Wildman–Crippen LogP) is 1.41. The SMILES string of the molecule is NC1CCN(CC(=O)Nc2ccc(O)c(Cl)c2)CC1. The van der Waals surface area contributed by atoms with Gasteiger partial charge in [0.2, 0.25) is 5.91 Å². The topological polar surface area (TPSA) is 78.6 Å². The number of aromatic hydroxyl groups is 1. The van der Waals surface area contributed by atoms with Crippen molar-refractivity contribution in [2.24, 2.45) is 5.73 Å². The fourth-order valence-corrected chi connectivity index (χ4v) is 2.28. The molecule has 1 fully saturated rings. The van der Waals surface area contributed by atoms with E-state index in [-0.39, 0.29) is 22.7 Å². The first-order valence-electron chi connectivity index (χ1n) is 6.31. The molecule has 0 atom stereocenters. The highest BCUT2D eigenvalue weighted by atomic mass is 35.5. The third kappa shape index (κ3) is 4.09. The molecule has 5 nitrogen and oxygen atoms in total. The Balaban J connectivity index is 1.85. The number of phenols is 1. The summed E-state index contributed by atoms with van der Waals surface area (Å²) >= 11 is 5.78. The van der Waals surface area contributed by atoms with Gasteiger partial charge >= 0.3 is 0 Å². The van der Waals surface area contributed by atoms with Gasteiger partial charge in [-0.3, -0.25) is 9.69 Å². The largest absolute Gasteiger partial charge is 0.506 e. The van der Waals surface area contributed by atoms with Gasteiger partial charge in [-0.05, 0) is 31.0 Å². The van der Waals surface area contributed by atoms with Gasteiger partial charge in [-0.2, -0.15) is 0 Å². The number of rotatable bonds is 3. The monoisotopic (exact) mass is 283 g/mol. The Morgan fingerprint density at radius 3 is 2.79 bits per heavy atom. The zero-order valence-electron chi connectivity index (χ0n) is 10.6. The Bertz CT molecular complexity index is 459. The minimum atomic E-state index is -0.0859. The molecule has 2 rings (SSSR count). The smallest absolute Gasteiger partial charge is 0.238 e. The van der Waals surface area contributed by atoms with Gasteiger partial charge in [0.05, 0.1) is 11.6 Å². The first kappa shape index (κ1) is 14.1. The Hall–Kier alpha value is -1.30. The highest BCUT2D eigenvalue weighted by Gasteiger charge is 2.18. The van der Waals surface area contributed by atoms with Crippen LogP contribution >= 0.6 is 11.6 Å². The number of carbonyl (C=O) groups is 1. The molecule has 1 aromatic rings. The van der Waals surface area contributed by atoms with E-state index in [0.29, 0.717) is 12.2 Å². The van der Waals surface area contributed by atoms with Crippen molar-refractivity contribution in [3.8, 4) is 5.75 Å². The van der Waals surface area contributed by atoms with Gasteiger partial charge in [0.25, 0.3) is 0 Å². The number of anilines is 1. The molecule has 0 aromatic heterocycles. The molecule has 1 heterocycles. The molecule has 0 radical (unpaired) electrons. The van der Waals surface area contributed by atoms with E-state index in [4.69, 9.17) is 17.3 Å². The van der Waals surface area contributed by atoms with E-state index in [1.807, 2.05) is 0 Å². The van der Waals surface area contributed by atoms with Crippen LogP contribution in [0, 0.1) is 0 Å². The highest BCUT2D eigenvalue weighted by molar-refractivity contribution is 6.32. The second-order valence-electron chi connectivity index (χ2n) is 4.83. The van der Waals surface area contributed by atoms with E-state index >= 15 is 0 Å². The summed E-state index contributed by atoms with van der Waals surface area (Å²) in [6.45, 7) is 2.06. The van der Waals surface area contributed by atoms with Crippen molar-refractivity contribution < 1.29 is 9.90 Å². The van der Waals surface area contributed by atoms with E-state index in [2.05, 4.69) is 10.2 Å². The molecule has 4 N–H and O–H groups in total. The van der Waals surface area contributed by atoms with Gasteiger partial charge in [-0.25, -0.2) is 0 Å². The van der Waals surface area contributed by atoms with E-state index in [1.54, 1.807) is 6.07 Å². The van der Waals surface area contributed by atoms with Gasteiger partial charge in [0, 0.05) is 24.8 Å². The lowest BCUT2D eigenvalue weighted by molar-refractivity contribution is -0.117. The molecule has 0 aliphatic carbocycles. The molecule has 0 spiro atoms. The molecule has 6 heteroatoms. The molecule has 1 saturated heterocycles. The van der Waals surface area contributed by atoms with E-state index in [9.17, 15) is 9.90 Å². The Morgan fingerprint density at radius 2 is 2.16 bits per heavy atom. The van der Waals surface area contributed by atoms with Crippen molar-refractivity contribution in [1.82, 2.24) is 4.90 Å². The second-order valence-corrected chi connectivity index (χ2v) is 5.24. The lowest BCUT2D eigenvalue weighted by Gasteiger charge is -2.29. The summed E-state index contributed by atoms with van der Waals surface area (Å²) in [4.78, 5) is 14.0. The molecule has 0 bridgehead atoms. The first-order chi connectivity index (χ1) is 9.04. The standard InChI is InChI=1S/C13H18ClN3O2/c14-11-7-10(1-2-12(11)18)16-13(19)8-17-5-3-9(15)4-6-17/h1-2,7,9,18H,3-6,8,15H2,(H,16,19). The third-order valence-electron chi connectivity index (χ3n) is 3.23. The molecular weight excluding hydrogens is 266 g/mol. The van der Waals surface area contributed by atoms with Crippen LogP contribution in [0.2, 0.25) is 5.02 Å². The quantitative estimate of drug-likeness (QED) is 0.733. The number of benzene rings is 1. The first-order valence-corrected chi connectivity index (χ1v) is 6.68. The number of hydrogen-bond acceptors (Lipinski definition) is 4. The van der Waals surface area contributed by atoms with Crippen LogP contribution in [0.5, 0.6) is 5.75 Å². The molecule has 1 aliphatic heterocycles. The normalized spacial score (nSPS) is 17.4. The number of nitrogens with one attached hydrogen (secondary N) is 1. The fourth-order valence-electron chi connectivity index (χ4n) is 2.10. The third-order valence-corrected chi connectivity index (χ3v) is 3.53. The molecule has 1 aliphatic rings. The van der Waals surface area contributed by atoms with Crippen molar-refractivity contribution >= 4 is 23.2 Å². The van der Waals surface area contributed by atoms with Crippen LogP contribution in [0.3, 0.4) is 0 Å². The van der Waals surface area contributed by atoms with E-state index in [1.165, 1.54) is 12.1 Å². The van der Waals surface area contributed by atoms with E-state index < -0.39 is 0 Å². The van der Waals surface area contributed by atoms with Crippen molar-refractivity contribution in [1.29, 1.82) is 0 Å². The van der Waals surface area contributed by atoms with E-state index in [0.717, 1.165) is 25.9 Å². The second kappa shape index (κ2) is 6.23. The van der Waals surface area contributed by atoms with Gasteiger partial charge in [-0.15, -0.1) is 0 Å². The molecule has 1 aromatic carbocycles. The minimum Gasteiger partial charge on any atom is -0.506 e. The molecule has 19 heavy (non-hydrogen) atoms. The van der Waals surface area contributed by atoms with Crippen LogP contribution in [0.15, 0.2) is 18.2 Å². The number of halogens is 1. The van der Waals surface area contributed by atoms with Crippen LogP contribution < -0.4 is 11.1 Å². The van der Waals surface area contributed by atoms with Crippen molar-refractivity contribution in [3.63, 3.8) is 0 Å². The molecule has 0 unspecified atom stereocenters. The number of amides is 1. The van der Waals surface area contributed by atoms with Crippen LogP contribution in [0.25, 0.3) is 0 Å². The number of carbonyl (C=O) groups excluding carboxylic acids is 1. The maximum absolute atomic E-state index is 11.9. The van der Waals surface area contributed by atoms with Crippen LogP contribution in [0.4, 0.5) is 5.69 Å². The minimum absolute atomic E-state index is 0.00434. The van der Waals surface area contributed by atoms with Crippen LogP contribution in [-0.2, 0) is 4.79 Å². The summed E-state index contributed by atoms with van der Waals surface area (Å²) in [6.07, 6.45) is 1.86. The predicted molar refractivity (Wildman–Crippen MR) is 75.4 cm³/mol. The zero-order valence-corrected chi connectivity index (χ0v) is 11.4. The lowest BCUT2D eigenvalue weighted by atomic mass is 10.1. The van der Waals surface area contributed by atoms with Gasteiger partial charge in [-0.1, -0.05) is 11.6 Å². The average Bonchev–Trinajstić information content (AvgIpc) is 2.37. The fraction of sp³-hybridized carbons (Fsp3) is 0.462. The zero-order chi connectivity index (χ0) is 13.8. The van der Waals surface area contributed by atoms with Crippen LogP contribution in [-0.4, -0.2) is 41.6 Å². The maximum Gasteiger partial charge on any atom is 0.238 e. The summed E-state index contributed by atoms with van der Waals surface area (Å²) < 4.78 is 0. The number of nitrogens with two attached hydrogens (primary N) is 1. The highest BCUT2D eigenvalue weighted by Crippen LogP contribution is 2.26. The van der Waals surface area contributed by atoms with Crippen molar-refractivity contribution in [2.45, 2.75) is 18.9 Å². The average molecular weight is 284 g/mol.